The van der Waals surface area contributed by atoms with Gasteiger partial charge in [-0.2, -0.15) is 0 Å². The summed E-state index contributed by atoms with van der Waals surface area (Å²) < 4.78 is 5.82. The smallest absolute Gasteiger partial charge is 0.261 e. The fraction of sp³-hybridized carbons (Fsp3) is 0.440. The summed E-state index contributed by atoms with van der Waals surface area (Å²) in [5, 5.41) is 3.56. The Morgan fingerprint density at radius 2 is 1.81 bits per heavy atom. The lowest BCUT2D eigenvalue weighted by Crippen LogP contribution is -2.51. The molecule has 0 heterocycles. The van der Waals surface area contributed by atoms with E-state index in [0.29, 0.717) is 17.2 Å². The van der Waals surface area contributed by atoms with Gasteiger partial charge in [-0.1, -0.05) is 61.3 Å². The molecule has 0 saturated carbocycles. The van der Waals surface area contributed by atoms with Crippen molar-refractivity contribution in [2.45, 2.75) is 66.1 Å². The monoisotopic (exact) mass is 444 g/mol. The second kappa shape index (κ2) is 11.8. The van der Waals surface area contributed by atoms with Crippen LogP contribution in [0.1, 0.15) is 50.3 Å². The molecule has 0 aromatic heterocycles. The SMILES string of the molecule is CC[C@@H](C)NC(=O)[C@@H](CC)N(Cc1ccccc1Cl)C(=O)COc1ccc(C)cc1C. The summed E-state index contributed by atoms with van der Waals surface area (Å²) in [6.07, 6.45) is 1.30. The number of nitrogens with zero attached hydrogens (tertiary/aromatic N) is 1. The number of rotatable bonds is 10. The van der Waals surface area contributed by atoms with Crippen LogP contribution in [-0.4, -0.2) is 35.4 Å². The van der Waals surface area contributed by atoms with Gasteiger partial charge in [0, 0.05) is 17.6 Å². The Morgan fingerprint density at radius 3 is 2.42 bits per heavy atom. The Morgan fingerprint density at radius 1 is 1.10 bits per heavy atom. The number of carbonyl (C=O) groups excluding carboxylic acids is 2. The van der Waals surface area contributed by atoms with Crippen molar-refractivity contribution in [3.05, 3.63) is 64.2 Å². The van der Waals surface area contributed by atoms with Crippen LogP contribution >= 0.6 is 11.6 Å². The van der Waals surface area contributed by atoms with E-state index >= 15 is 0 Å². The topological polar surface area (TPSA) is 58.6 Å². The third-order valence-corrected chi connectivity index (χ3v) is 5.74. The molecule has 168 valence electrons. The highest BCUT2D eigenvalue weighted by Crippen LogP contribution is 2.22. The molecule has 2 aromatic carbocycles. The standard InChI is InChI=1S/C25H33ClN2O3/c1-6-19(5)27-25(30)22(7-2)28(15-20-10-8-9-11-21(20)26)24(29)16-31-23-13-12-17(3)14-18(23)4/h8-14,19,22H,6-7,15-16H2,1-5H3,(H,27,30)/t19-,22-/m1/s1. The molecule has 0 spiro atoms. The average molecular weight is 445 g/mol. The zero-order chi connectivity index (χ0) is 23.0. The largest absolute Gasteiger partial charge is 0.483 e. The summed E-state index contributed by atoms with van der Waals surface area (Å²) in [7, 11) is 0. The van der Waals surface area contributed by atoms with E-state index in [1.165, 1.54) is 0 Å². The normalized spacial score (nSPS) is 12.7. The molecule has 31 heavy (non-hydrogen) atoms. The van der Waals surface area contributed by atoms with Gasteiger partial charge in [0.25, 0.3) is 5.91 Å². The quantitative estimate of drug-likeness (QED) is 0.557. The minimum absolute atomic E-state index is 0.0327. The molecule has 0 saturated heterocycles. The van der Waals surface area contributed by atoms with Crippen LogP contribution in [0.2, 0.25) is 5.02 Å². The number of nitrogens with one attached hydrogen (secondary N) is 1. The molecular weight excluding hydrogens is 412 g/mol. The van der Waals surface area contributed by atoms with Crippen molar-refractivity contribution >= 4 is 23.4 Å². The van der Waals surface area contributed by atoms with Gasteiger partial charge in [-0.05, 0) is 56.9 Å². The Kier molecular flexibility index (Phi) is 9.38. The Labute approximate surface area is 190 Å². The van der Waals surface area contributed by atoms with E-state index in [-0.39, 0.29) is 31.0 Å². The average Bonchev–Trinajstić information content (AvgIpc) is 2.74. The molecule has 0 aliphatic rings. The van der Waals surface area contributed by atoms with E-state index < -0.39 is 6.04 Å². The second-order valence-corrected chi connectivity index (χ2v) is 8.32. The van der Waals surface area contributed by atoms with Crippen LogP contribution in [0.15, 0.2) is 42.5 Å². The minimum Gasteiger partial charge on any atom is -0.483 e. The number of aryl methyl sites for hydroxylation is 2. The van der Waals surface area contributed by atoms with Crippen molar-refractivity contribution in [3.8, 4) is 5.75 Å². The molecule has 0 fully saturated rings. The first-order valence-corrected chi connectivity index (χ1v) is 11.2. The van der Waals surface area contributed by atoms with Gasteiger partial charge < -0.3 is 15.0 Å². The van der Waals surface area contributed by atoms with E-state index in [1.807, 2.05) is 71.0 Å². The highest BCUT2D eigenvalue weighted by Gasteiger charge is 2.30. The van der Waals surface area contributed by atoms with Gasteiger partial charge in [0.15, 0.2) is 6.61 Å². The molecule has 2 amide bonds. The highest BCUT2D eigenvalue weighted by atomic mass is 35.5. The van der Waals surface area contributed by atoms with Crippen molar-refractivity contribution in [3.63, 3.8) is 0 Å². The maximum Gasteiger partial charge on any atom is 0.261 e. The number of hydrogen-bond acceptors (Lipinski definition) is 3. The molecular formula is C25H33ClN2O3. The molecule has 2 aromatic rings. The fourth-order valence-electron chi connectivity index (χ4n) is 3.35. The predicted molar refractivity (Wildman–Crippen MR) is 125 cm³/mol. The molecule has 0 bridgehead atoms. The molecule has 6 heteroatoms. The van der Waals surface area contributed by atoms with Crippen LogP contribution in [0.3, 0.4) is 0 Å². The Bertz CT molecular complexity index is 900. The summed E-state index contributed by atoms with van der Waals surface area (Å²) >= 11 is 6.35. The summed E-state index contributed by atoms with van der Waals surface area (Å²) in [5.74, 6) is 0.239. The first kappa shape index (κ1) is 24.7. The van der Waals surface area contributed by atoms with Crippen LogP contribution in [0, 0.1) is 13.8 Å². The lowest BCUT2D eigenvalue weighted by molar-refractivity contribution is -0.143. The van der Waals surface area contributed by atoms with Gasteiger partial charge in [-0.3, -0.25) is 9.59 Å². The van der Waals surface area contributed by atoms with Crippen LogP contribution in [0.25, 0.3) is 0 Å². The van der Waals surface area contributed by atoms with Crippen molar-refractivity contribution < 1.29 is 14.3 Å². The van der Waals surface area contributed by atoms with Gasteiger partial charge in [0.2, 0.25) is 5.91 Å². The summed E-state index contributed by atoms with van der Waals surface area (Å²) in [4.78, 5) is 27.8. The molecule has 1 N–H and O–H groups in total. The first-order valence-electron chi connectivity index (χ1n) is 10.8. The van der Waals surface area contributed by atoms with Crippen LogP contribution < -0.4 is 10.1 Å². The third-order valence-electron chi connectivity index (χ3n) is 5.37. The lowest BCUT2D eigenvalue weighted by atomic mass is 10.1. The second-order valence-electron chi connectivity index (χ2n) is 7.91. The van der Waals surface area contributed by atoms with Gasteiger partial charge in [-0.15, -0.1) is 0 Å². The molecule has 2 atom stereocenters. The van der Waals surface area contributed by atoms with E-state index in [9.17, 15) is 9.59 Å². The number of halogens is 1. The highest BCUT2D eigenvalue weighted by molar-refractivity contribution is 6.31. The maximum absolute atomic E-state index is 13.2. The van der Waals surface area contributed by atoms with Crippen LogP contribution in [0.4, 0.5) is 0 Å². The van der Waals surface area contributed by atoms with Crippen molar-refractivity contribution in [1.82, 2.24) is 10.2 Å². The predicted octanol–water partition coefficient (Wildman–Crippen LogP) is 5.06. The number of hydrogen-bond donors (Lipinski definition) is 1. The molecule has 5 nitrogen and oxygen atoms in total. The lowest BCUT2D eigenvalue weighted by Gasteiger charge is -2.31. The molecule has 0 radical (unpaired) electrons. The maximum atomic E-state index is 13.2. The zero-order valence-electron chi connectivity index (χ0n) is 19.1. The van der Waals surface area contributed by atoms with Gasteiger partial charge in [0.1, 0.15) is 11.8 Å². The Hall–Kier alpha value is -2.53. The number of amides is 2. The van der Waals surface area contributed by atoms with Crippen LogP contribution in [-0.2, 0) is 16.1 Å². The van der Waals surface area contributed by atoms with Crippen molar-refractivity contribution in [1.29, 1.82) is 0 Å². The van der Waals surface area contributed by atoms with E-state index in [1.54, 1.807) is 11.0 Å². The molecule has 0 aliphatic heterocycles. The third kappa shape index (κ3) is 7.00. The van der Waals surface area contributed by atoms with E-state index in [4.69, 9.17) is 16.3 Å². The van der Waals surface area contributed by atoms with Crippen molar-refractivity contribution in [2.75, 3.05) is 6.61 Å². The summed E-state index contributed by atoms with van der Waals surface area (Å²) in [6.45, 7) is 9.91. The number of benzene rings is 2. The van der Waals surface area contributed by atoms with Gasteiger partial charge in [-0.25, -0.2) is 0 Å². The minimum atomic E-state index is -0.611. The fourth-order valence-corrected chi connectivity index (χ4v) is 3.55. The van der Waals surface area contributed by atoms with E-state index in [2.05, 4.69) is 5.32 Å². The first-order chi connectivity index (χ1) is 14.8. The van der Waals surface area contributed by atoms with E-state index in [0.717, 1.165) is 23.1 Å². The van der Waals surface area contributed by atoms with Crippen molar-refractivity contribution in [2.24, 2.45) is 0 Å². The summed E-state index contributed by atoms with van der Waals surface area (Å²) in [6, 6.07) is 12.6. The number of carbonyl (C=O) groups is 2. The van der Waals surface area contributed by atoms with Crippen LogP contribution in [0.5, 0.6) is 5.75 Å². The Balaban J connectivity index is 2.25. The molecule has 0 unspecified atom stereocenters. The van der Waals surface area contributed by atoms with Gasteiger partial charge in [0.05, 0.1) is 0 Å². The number of ether oxygens (including phenoxy) is 1. The zero-order valence-corrected chi connectivity index (χ0v) is 19.8. The molecule has 2 rings (SSSR count). The molecule has 0 aliphatic carbocycles. The van der Waals surface area contributed by atoms with Gasteiger partial charge >= 0.3 is 0 Å². The summed E-state index contributed by atoms with van der Waals surface area (Å²) in [5.41, 5.74) is 2.88.